The number of thiophene rings is 1. The van der Waals surface area contributed by atoms with Crippen molar-refractivity contribution in [3.63, 3.8) is 0 Å². The van der Waals surface area contributed by atoms with E-state index in [4.69, 9.17) is 5.26 Å². The standard InChI is InChI=1S/C14H14N4OS/c1-17-9-11(8-16-17)12-3-2-5-18(12)14(19)13-10(7-15)4-6-20-13/h4,6,8-9,12H,2-3,5H2,1H3. The number of likely N-dealkylation sites (tertiary alicyclic amines) is 1. The van der Waals surface area contributed by atoms with Crippen molar-refractivity contribution in [3.8, 4) is 6.07 Å². The van der Waals surface area contributed by atoms with Crippen molar-refractivity contribution >= 4 is 17.2 Å². The van der Waals surface area contributed by atoms with Gasteiger partial charge in [-0.15, -0.1) is 11.3 Å². The van der Waals surface area contributed by atoms with Gasteiger partial charge in [0.25, 0.3) is 5.91 Å². The zero-order valence-electron chi connectivity index (χ0n) is 11.1. The van der Waals surface area contributed by atoms with Gasteiger partial charge in [-0.25, -0.2) is 0 Å². The number of aryl methyl sites for hydroxylation is 1. The van der Waals surface area contributed by atoms with Crippen LogP contribution in [0.4, 0.5) is 0 Å². The predicted octanol–water partition coefficient (Wildman–Crippen LogP) is 2.33. The second-order valence-corrected chi connectivity index (χ2v) is 5.80. The van der Waals surface area contributed by atoms with Gasteiger partial charge in [0.1, 0.15) is 10.9 Å². The molecule has 0 aromatic carbocycles. The minimum Gasteiger partial charge on any atom is -0.331 e. The largest absolute Gasteiger partial charge is 0.331 e. The Balaban J connectivity index is 1.89. The fourth-order valence-electron chi connectivity index (χ4n) is 2.66. The van der Waals surface area contributed by atoms with Gasteiger partial charge in [0.15, 0.2) is 0 Å². The van der Waals surface area contributed by atoms with E-state index in [9.17, 15) is 4.79 Å². The van der Waals surface area contributed by atoms with Crippen molar-refractivity contribution in [2.24, 2.45) is 7.05 Å². The van der Waals surface area contributed by atoms with Crippen molar-refractivity contribution < 1.29 is 4.79 Å². The van der Waals surface area contributed by atoms with Crippen LogP contribution in [-0.4, -0.2) is 27.1 Å². The average Bonchev–Trinajstić information content (AvgIpc) is 3.17. The third kappa shape index (κ3) is 2.10. The molecule has 102 valence electrons. The number of aromatic nitrogens is 2. The number of hydrogen-bond acceptors (Lipinski definition) is 4. The summed E-state index contributed by atoms with van der Waals surface area (Å²) in [5.74, 6) is -0.0390. The molecule has 0 bridgehead atoms. The van der Waals surface area contributed by atoms with Crippen LogP contribution >= 0.6 is 11.3 Å². The molecule has 20 heavy (non-hydrogen) atoms. The second-order valence-electron chi connectivity index (χ2n) is 4.88. The Labute approximate surface area is 121 Å². The maximum absolute atomic E-state index is 12.6. The van der Waals surface area contributed by atoms with E-state index in [1.807, 2.05) is 24.3 Å². The number of carbonyl (C=O) groups is 1. The van der Waals surface area contributed by atoms with E-state index < -0.39 is 0 Å². The highest BCUT2D eigenvalue weighted by Crippen LogP contribution is 2.34. The summed E-state index contributed by atoms with van der Waals surface area (Å²) >= 11 is 1.34. The minimum absolute atomic E-state index is 0.0390. The van der Waals surface area contributed by atoms with Crippen molar-refractivity contribution in [2.75, 3.05) is 6.54 Å². The summed E-state index contributed by atoms with van der Waals surface area (Å²) < 4.78 is 1.75. The first-order valence-corrected chi connectivity index (χ1v) is 7.36. The van der Waals surface area contributed by atoms with E-state index in [0.29, 0.717) is 10.4 Å². The molecule has 2 aromatic heterocycles. The van der Waals surface area contributed by atoms with Gasteiger partial charge in [-0.3, -0.25) is 9.48 Å². The summed E-state index contributed by atoms with van der Waals surface area (Å²) in [5.41, 5.74) is 1.53. The van der Waals surface area contributed by atoms with Crippen LogP contribution in [0.25, 0.3) is 0 Å². The van der Waals surface area contributed by atoms with Crippen LogP contribution in [0.2, 0.25) is 0 Å². The van der Waals surface area contributed by atoms with Crippen LogP contribution in [0, 0.1) is 11.3 Å². The molecule has 1 fully saturated rings. The summed E-state index contributed by atoms with van der Waals surface area (Å²) in [6.07, 6.45) is 5.70. The normalized spacial score (nSPS) is 18.2. The molecule has 0 N–H and O–H groups in total. The van der Waals surface area contributed by atoms with Gasteiger partial charge in [-0.2, -0.15) is 10.4 Å². The lowest BCUT2D eigenvalue weighted by Gasteiger charge is -2.23. The quantitative estimate of drug-likeness (QED) is 0.851. The lowest BCUT2D eigenvalue weighted by molar-refractivity contribution is 0.0740. The van der Waals surface area contributed by atoms with Crippen LogP contribution in [0.1, 0.15) is 39.7 Å². The molecule has 1 aliphatic heterocycles. The molecule has 1 aliphatic rings. The maximum atomic E-state index is 12.6. The molecular formula is C14H14N4OS. The van der Waals surface area contributed by atoms with Gasteiger partial charge in [-0.05, 0) is 24.3 Å². The Kier molecular flexibility index (Phi) is 3.28. The lowest BCUT2D eigenvalue weighted by atomic mass is 10.1. The number of rotatable bonds is 2. The molecular weight excluding hydrogens is 272 g/mol. The first kappa shape index (κ1) is 12.9. The van der Waals surface area contributed by atoms with Gasteiger partial charge in [0.05, 0.1) is 17.8 Å². The lowest BCUT2D eigenvalue weighted by Crippen LogP contribution is -2.30. The molecule has 1 unspecified atom stereocenters. The van der Waals surface area contributed by atoms with Gasteiger partial charge in [0.2, 0.25) is 0 Å². The monoisotopic (exact) mass is 286 g/mol. The Morgan fingerprint density at radius 1 is 1.60 bits per heavy atom. The van der Waals surface area contributed by atoms with Crippen LogP contribution in [-0.2, 0) is 7.05 Å². The Morgan fingerprint density at radius 2 is 2.45 bits per heavy atom. The van der Waals surface area contributed by atoms with Crippen molar-refractivity contribution in [1.82, 2.24) is 14.7 Å². The average molecular weight is 286 g/mol. The fourth-order valence-corrected chi connectivity index (χ4v) is 3.46. The zero-order chi connectivity index (χ0) is 14.1. The summed E-state index contributed by atoms with van der Waals surface area (Å²) in [5, 5.41) is 15.0. The van der Waals surface area contributed by atoms with Crippen molar-refractivity contribution in [2.45, 2.75) is 18.9 Å². The van der Waals surface area contributed by atoms with Gasteiger partial charge in [-0.1, -0.05) is 0 Å². The third-order valence-electron chi connectivity index (χ3n) is 3.60. The molecule has 0 radical (unpaired) electrons. The number of hydrogen-bond donors (Lipinski definition) is 0. The number of nitriles is 1. The van der Waals surface area contributed by atoms with Crippen molar-refractivity contribution in [3.05, 3.63) is 39.8 Å². The molecule has 2 aromatic rings. The first-order valence-electron chi connectivity index (χ1n) is 6.48. The van der Waals surface area contributed by atoms with Crippen molar-refractivity contribution in [1.29, 1.82) is 5.26 Å². The Morgan fingerprint density at radius 3 is 3.15 bits per heavy atom. The molecule has 0 aliphatic carbocycles. The van der Waals surface area contributed by atoms with Gasteiger partial charge in [0, 0.05) is 25.4 Å². The minimum atomic E-state index is -0.0390. The third-order valence-corrected chi connectivity index (χ3v) is 4.51. The maximum Gasteiger partial charge on any atom is 0.265 e. The number of carbonyl (C=O) groups excluding carboxylic acids is 1. The fraction of sp³-hybridized carbons (Fsp3) is 0.357. The molecule has 6 heteroatoms. The highest BCUT2D eigenvalue weighted by Gasteiger charge is 2.32. The van der Waals surface area contributed by atoms with Crippen LogP contribution in [0.15, 0.2) is 23.8 Å². The SMILES string of the molecule is Cn1cc(C2CCCN2C(=O)c2sccc2C#N)cn1. The Bertz CT molecular complexity index is 681. The molecule has 0 spiro atoms. The smallest absolute Gasteiger partial charge is 0.265 e. The van der Waals surface area contributed by atoms with E-state index in [1.54, 1.807) is 16.1 Å². The second kappa shape index (κ2) is 5.10. The number of amides is 1. The summed E-state index contributed by atoms with van der Waals surface area (Å²) in [6.45, 7) is 0.737. The molecule has 1 saturated heterocycles. The molecule has 3 rings (SSSR count). The van der Waals surface area contributed by atoms with E-state index in [-0.39, 0.29) is 11.9 Å². The Hall–Kier alpha value is -2.13. The van der Waals surface area contributed by atoms with Crippen LogP contribution in [0.3, 0.4) is 0 Å². The summed E-state index contributed by atoms with van der Waals surface area (Å²) in [4.78, 5) is 15.0. The van der Waals surface area contributed by atoms with E-state index in [2.05, 4.69) is 11.2 Å². The van der Waals surface area contributed by atoms with E-state index >= 15 is 0 Å². The zero-order valence-corrected chi connectivity index (χ0v) is 11.9. The summed E-state index contributed by atoms with van der Waals surface area (Å²) in [6, 6.07) is 3.86. The number of nitrogens with zero attached hydrogens (tertiary/aromatic N) is 4. The highest BCUT2D eigenvalue weighted by atomic mass is 32.1. The molecule has 3 heterocycles. The predicted molar refractivity (Wildman–Crippen MR) is 75.3 cm³/mol. The van der Waals surface area contributed by atoms with Crippen LogP contribution < -0.4 is 0 Å². The summed E-state index contributed by atoms with van der Waals surface area (Å²) in [7, 11) is 1.87. The highest BCUT2D eigenvalue weighted by molar-refractivity contribution is 7.12. The topological polar surface area (TPSA) is 61.9 Å². The van der Waals surface area contributed by atoms with Gasteiger partial charge < -0.3 is 4.90 Å². The van der Waals surface area contributed by atoms with E-state index in [0.717, 1.165) is 24.9 Å². The molecule has 0 saturated carbocycles. The van der Waals surface area contributed by atoms with E-state index in [1.165, 1.54) is 11.3 Å². The van der Waals surface area contributed by atoms with Gasteiger partial charge >= 0.3 is 0 Å². The molecule has 5 nitrogen and oxygen atoms in total. The molecule has 1 amide bonds. The molecule has 1 atom stereocenters. The first-order chi connectivity index (χ1) is 9.70. The van der Waals surface area contributed by atoms with Crippen LogP contribution in [0.5, 0.6) is 0 Å².